The number of ether oxygens (including phenoxy) is 2. The molecule has 0 amide bonds. The third-order valence-corrected chi connectivity index (χ3v) is 2.41. The second kappa shape index (κ2) is 4.71. The zero-order valence-electron chi connectivity index (χ0n) is 9.36. The standard InChI is InChI=1S/C14H13O2/c1-15-12-9-6-10-13(16-2)14(12)11-7-4-3-5-8-11/h3-7,9-10H,1-2H3. The molecule has 2 aromatic rings. The van der Waals surface area contributed by atoms with E-state index in [1.165, 1.54) is 0 Å². The summed E-state index contributed by atoms with van der Waals surface area (Å²) in [5.41, 5.74) is 1.91. The van der Waals surface area contributed by atoms with Crippen molar-refractivity contribution in [3.63, 3.8) is 0 Å². The Bertz CT molecular complexity index is 441. The van der Waals surface area contributed by atoms with Gasteiger partial charge in [0.25, 0.3) is 0 Å². The van der Waals surface area contributed by atoms with E-state index in [9.17, 15) is 0 Å². The molecule has 0 aliphatic heterocycles. The van der Waals surface area contributed by atoms with Crippen LogP contribution >= 0.6 is 0 Å². The average molecular weight is 213 g/mol. The van der Waals surface area contributed by atoms with E-state index in [4.69, 9.17) is 9.47 Å². The molecule has 1 radical (unpaired) electrons. The predicted octanol–water partition coefficient (Wildman–Crippen LogP) is 3.17. The van der Waals surface area contributed by atoms with Crippen molar-refractivity contribution < 1.29 is 9.47 Å². The Morgan fingerprint density at radius 1 is 0.875 bits per heavy atom. The van der Waals surface area contributed by atoms with Gasteiger partial charge in [0.2, 0.25) is 0 Å². The van der Waals surface area contributed by atoms with E-state index in [0.717, 1.165) is 22.6 Å². The molecule has 2 aromatic carbocycles. The summed E-state index contributed by atoms with van der Waals surface area (Å²) in [5.74, 6) is 1.59. The number of hydrogen-bond donors (Lipinski definition) is 0. The number of hydrogen-bond acceptors (Lipinski definition) is 2. The Kier molecular flexibility index (Phi) is 3.10. The first-order chi connectivity index (χ1) is 7.86. The van der Waals surface area contributed by atoms with Gasteiger partial charge in [-0.25, -0.2) is 0 Å². The van der Waals surface area contributed by atoms with Crippen molar-refractivity contribution in [3.05, 3.63) is 48.5 Å². The summed E-state index contributed by atoms with van der Waals surface area (Å²) < 4.78 is 10.7. The molecule has 0 aliphatic carbocycles. The second-order valence-electron chi connectivity index (χ2n) is 3.31. The summed E-state index contributed by atoms with van der Waals surface area (Å²) in [7, 11) is 3.31. The molecule has 0 heterocycles. The molecule has 16 heavy (non-hydrogen) atoms. The maximum absolute atomic E-state index is 5.34. The first kappa shape index (κ1) is 10.6. The van der Waals surface area contributed by atoms with Crippen molar-refractivity contribution in [1.82, 2.24) is 0 Å². The predicted molar refractivity (Wildman–Crippen MR) is 63.8 cm³/mol. The minimum Gasteiger partial charge on any atom is -0.496 e. The Balaban J connectivity index is 2.62. The molecule has 0 saturated carbocycles. The molecule has 0 aromatic heterocycles. The molecular weight excluding hydrogens is 200 g/mol. The zero-order valence-corrected chi connectivity index (χ0v) is 9.36. The van der Waals surface area contributed by atoms with Crippen molar-refractivity contribution in [2.24, 2.45) is 0 Å². The number of rotatable bonds is 3. The van der Waals surface area contributed by atoms with E-state index in [1.54, 1.807) is 14.2 Å². The summed E-state index contributed by atoms with van der Waals surface area (Å²) in [5, 5.41) is 0. The SMILES string of the molecule is COc1cccc(OC)c1-c1[c]cccc1. The summed E-state index contributed by atoms with van der Waals surface area (Å²) in [6, 6.07) is 16.7. The number of methoxy groups -OCH3 is 2. The van der Waals surface area contributed by atoms with Crippen LogP contribution in [0.25, 0.3) is 11.1 Å². The fourth-order valence-electron chi connectivity index (χ4n) is 1.67. The molecule has 2 heteroatoms. The van der Waals surface area contributed by atoms with Crippen molar-refractivity contribution in [2.75, 3.05) is 14.2 Å². The lowest BCUT2D eigenvalue weighted by molar-refractivity contribution is 0.397. The Morgan fingerprint density at radius 2 is 1.56 bits per heavy atom. The van der Waals surface area contributed by atoms with Crippen LogP contribution in [-0.2, 0) is 0 Å². The molecule has 2 nitrogen and oxygen atoms in total. The van der Waals surface area contributed by atoms with Gasteiger partial charge in [-0.1, -0.05) is 30.3 Å². The summed E-state index contributed by atoms with van der Waals surface area (Å²) >= 11 is 0. The molecule has 0 unspecified atom stereocenters. The third kappa shape index (κ3) is 1.87. The quantitative estimate of drug-likeness (QED) is 0.779. The van der Waals surface area contributed by atoms with Crippen molar-refractivity contribution in [2.45, 2.75) is 0 Å². The van der Waals surface area contributed by atoms with Gasteiger partial charge in [-0.2, -0.15) is 0 Å². The fourth-order valence-corrected chi connectivity index (χ4v) is 1.67. The topological polar surface area (TPSA) is 18.5 Å². The molecular formula is C14H13O2. The highest BCUT2D eigenvalue weighted by Crippen LogP contribution is 2.37. The average Bonchev–Trinajstić information content (AvgIpc) is 2.38. The lowest BCUT2D eigenvalue weighted by Crippen LogP contribution is -1.92. The van der Waals surface area contributed by atoms with Gasteiger partial charge >= 0.3 is 0 Å². The van der Waals surface area contributed by atoms with Gasteiger partial charge in [0.1, 0.15) is 11.5 Å². The lowest BCUT2D eigenvalue weighted by Gasteiger charge is -2.12. The van der Waals surface area contributed by atoms with Gasteiger partial charge in [-0.05, 0) is 23.8 Å². The Morgan fingerprint density at radius 3 is 2.06 bits per heavy atom. The van der Waals surface area contributed by atoms with Crippen LogP contribution in [0.5, 0.6) is 11.5 Å². The lowest BCUT2D eigenvalue weighted by atomic mass is 10.0. The minimum atomic E-state index is 0.793. The van der Waals surface area contributed by atoms with Gasteiger partial charge in [-0.15, -0.1) is 0 Å². The molecule has 2 rings (SSSR count). The van der Waals surface area contributed by atoms with Crippen LogP contribution in [0.15, 0.2) is 42.5 Å². The third-order valence-electron chi connectivity index (χ3n) is 2.41. The smallest absolute Gasteiger partial charge is 0.130 e. The van der Waals surface area contributed by atoms with Crippen molar-refractivity contribution in [3.8, 4) is 22.6 Å². The summed E-state index contributed by atoms with van der Waals surface area (Å²) in [6.45, 7) is 0. The van der Waals surface area contributed by atoms with E-state index >= 15 is 0 Å². The first-order valence-corrected chi connectivity index (χ1v) is 5.05. The summed E-state index contributed by atoms with van der Waals surface area (Å²) in [4.78, 5) is 0. The minimum absolute atomic E-state index is 0.793. The van der Waals surface area contributed by atoms with E-state index in [0.29, 0.717) is 0 Å². The number of benzene rings is 2. The van der Waals surface area contributed by atoms with Crippen LogP contribution in [0.1, 0.15) is 0 Å². The first-order valence-electron chi connectivity index (χ1n) is 5.05. The monoisotopic (exact) mass is 213 g/mol. The van der Waals surface area contributed by atoms with E-state index in [2.05, 4.69) is 6.07 Å². The fraction of sp³-hybridized carbons (Fsp3) is 0.143. The molecule has 0 fully saturated rings. The molecule has 0 bridgehead atoms. The van der Waals surface area contributed by atoms with E-state index < -0.39 is 0 Å². The normalized spacial score (nSPS) is 9.88. The maximum atomic E-state index is 5.34. The van der Waals surface area contributed by atoms with Crippen LogP contribution in [-0.4, -0.2) is 14.2 Å². The van der Waals surface area contributed by atoms with Gasteiger partial charge in [0.05, 0.1) is 19.8 Å². The molecule has 0 atom stereocenters. The highest BCUT2D eigenvalue weighted by molar-refractivity contribution is 5.76. The van der Waals surface area contributed by atoms with Crippen LogP contribution in [0.4, 0.5) is 0 Å². The Hall–Kier alpha value is -1.96. The summed E-state index contributed by atoms with van der Waals surface area (Å²) in [6.07, 6.45) is 0. The van der Waals surface area contributed by atoms with Gasteiger partial charge in [0, 0.05) is 0 Å². The van der Waals surface area contributed by atoms with Gasteiger partial charge in [0.15, 0.2) is 0 Å². The highest BCUT2D eigenvalue weighted by atomic mass is 16.5. The molecule has 0 N–H and O–H groups in total. The van der Waals surface area contributed by atoms with Gasteiger partial charge < -0.3 is 9.47 Å². The van der Waals surface area contributed by atoms with Gasteiger partial charge in [-0.3, -0.25) is 0 Å². The highest BCUT2D eigenvalue weighted by Gasteiger charge is 2.11. The van der Waals surface area contributed by atoms with Crippen LogP contribution in [0.3, 0.4) is 0 Å². The largest absolute Gasteiger partial charge is 0.496 e. The van der Waals surface area contributed by atoms with Crippen LogP contribution < -0.4 is 9.47 Å². The van der Waals surface area contributed by atoms with E-state index in [1.807, 2.05) is 42.5 Å². The van der Waals surface area contributed by atoms with Crippen LogP contribution in [0, 0.1) is 6.07 Å². The molecule has 0 spiro atoms. The van der Waals surface area contributed by atoms with Crippen LogP contribution in [0.2, 0.25) is 0 Å². The second-order valence-corrected chi connectivity index (χ2v) is 3.31. The maximum Gasteiger partial charge on any atom is 0.130 e. The molecule has 81 valence electrons. The van der Waals surface area contributed by atoms with E-state index in [-0.39, 0.29) is 0 Å². The Labute approximate surface area is 95.4 Å². The zero-order chi connectivity index (χ0) is 11.4. The molecule has 0 aliphatic rings. The van der Waals surface area contributed by atoms with Crippen molar-refractivity contribution in [1.29, 1.82) is 0 Å². The molecule has 0 saturated heterocycles. The van der Waals surface area contributed by atoms with Crippen molar-refractivity contribution >= 4 is 0 Å².